The van der Waals surface area contributed by atoms with E-state index < -0.39 is 0 Å². The number of hydrogen-bond acceptors (Lipinski definition) is 5. The van der Waals surface area contributed by atoms with Crippen LogP contribution < -0.4 is 0 Å². The van der Waals surface area contributed by atoms with Crippen LogP contribution in [0.3, 0.4) is 0 Å². The van der Waals surface area contributed by atoms with Crippen LogP contribution in [0.25, 0.3) is 0 Å². The van der Waals surface area contributed by atoms with Crippen LogP contribution in [0.2, 0.25) is 0 Å². The maximum absolute atomic E-state index is 12.7. The molecule has 2 aliphatic heterocycles. The van der Waals surface area contributed by atoms with Gasteiger partial charge in [0.2, 0.25) is 0 Å². The number of piperidine rings is 1. The van der Waals surface area contributed by atoms with Crippen molar-refractivity contribution in [3.05, 3.63) is 45.2 Å². The van der Waals surface area contributed by atoms with Crippen molar-refractivity contribution in [3.63, 3.8) is 0 Å². The summed E-state index contributed by atoms with van der Waals surface area (Å²) in [4.78, 5) is 28.6. The number of carbonyl (C=O) groups is 1. The van der Waals surface area contributed by atoms with E-state index in [1.165, 1.54) is 16.1 Å². The third-order valence-corrected chi connectivity index (χ3v) is 6.16. The topological polar surface area (TPSA) is 49.3 Å². The third-order valence-electron chi connectivity index (χ3n) is 5.17. The van der Waals surface area contributed by atoms with Gasteiger partial charge in [-0.2, -0.15) is 0 Å². The van der Waals surface area contributed by atoms with E-state index in [2.05, 4.69) is 16.9 Å². The highest BCUT2D eigenvalue weighted by Gasteiger charge is 2.28. The summed E-state index contributed by atoms with van der Waals surface area (Å²) in [5.41, 5.74) is 2.44. The molecule has 1 fully saturated rings. The third kappa shape index (κ3) is 3.46. The molecule has 4 rings (SSSR count). The molecule has 4 heterocycles. The molecule has 0 aromatic carbocycles. The summed E-state index contributed by atoms with van der Waals surface area (Å²) in [7, 11) is 2.13. The fourth-order valence-electron chi connectivity index (χ4n) is 3.75. The summed E-state index contributed by atoms with van der Waals surface area (Å²) >= 11 is 1.58. The van der Waals surface area contributed by atoms with Crippen molar-refractivity contribution in [2.24, 2.45) is 0 Å². The molecule has 25 heavy (non-hydrogen) atoms. The van der Waals surface area contributed by atoms with Crippen LogP contribution in [0.5, 0.6) is 0 Å². The number of hydrogen-bond donors (Lipinski definition) is 0. The van der Waals surface area contributed by atoms with E-state index >= 15 is 0 Å². The first kappa shape index (κ1) is 16.7. The molecule has 1 unspecified atom stereocenters. The summed E-state index contributed by atoms with van der Waals surface area (Å²) < 4.78 is 0. The SMILES string of the molecule is Cc1ccc(C(=O)N2CCCC(c3ncc4c(n3)CCN(C)C4)C2)s1. The Morgan fingerprint density at radius 2 is 2.20 bits per heavy atom. The second-order valence-corrected chi connectivity index (χ2v) is 8.48. The summed E-state index contributed by atoms with van der Waals surface area (Å²) in [5, 5.41) is 0. The molecule has 1 saturated heterocycles. The van der Waals surface area contributed by atoms with Gasteiger partial charge < -0.3 is 9.80 Å². The Morgan fingerprint density at radius 3 is 3.00 bits per heavy atom. The number of aryl methyl sites for hydroxylation is 1. The average Bonchev–Trinajstić information content (AvgIpc) is 3.07. The fourth-order valence-corrected chi connectivity index (χ4v) is 4.58. The highest BCUT2D eigenvalue weighted by molar-refractivity contribution is 7.13. The smallest absolute Gasteiger partial charge is 0.263 e. The van der Waals surface area contributed by atoms with Crippen molar-refractivity contribution < 1.29 is 4.79 Å². The largest absolute Gasteiger partial charge is 0.337 e. The molecule has 2 aliphatic rings. The maximum atomic E-state index is 12.7. The van der Waals surface area contributed by atoms with Gasteiger partial charge in [0, 0.05) is 60.8 Å². The monoisotopic (exact) mass is 356 g/mol. The minimum atomic E-state index is 0.155. The average molecular weight is 356 g/mol. The van der Waals surface area contributed by atoms with Crippen LogP contribution in [-0.2, 0) is 13.0 Å². The van der Waals surface area contributed by atoms with Crippen molar-refractivity contribution in [2.75, 3.05) is 26.7 Å². The van der Waals surface area contributed by atoms with Gasteiger partial charge in [0.15, 0.2) is 0 Å². The summed E-state index contributed by atoms with van der Waals surface area (Å²) in [6.45, 7) is 5.59. The number of carbonyl (C=O) groups excluding carboxylic acids is 1. The van der Waals surface area contributed by atoms with Crippen molar-refractivity contribution in [1.29, 1.82) is 0 Å². The van der Waals surface area contributed by atoms with E-state index in [-0.39, 0.29) is 11.8 Å². The Bertz CT molecular complexity index is 787. The van der Waals surface area contributed by atoms with Crippen molar-refractivity contribution in [3.8, 4) is 0 Å². The minimum Gasteiger partial charge on any atom is -0.337 e. The lowest BCUT2D eigenvalue weighted by Gasteiger charge is -2.32. The van der Waals surface area contributed by atoms with Crippen molar-refractivity contribution in [1.82, 2.24) is 19.8 Å². The standard InChI is InChI=1S/C19H24N4OS/c1-13-5-6-17(25-13)19(24)23-8-3-4-14(12-23)18-20-10-15-11-22(2)9-7-16(15)21-18/h5-6,10,14H,3-4,7-9,11-12H2,1-2H3. The highest BCUT2D eigenvalue weighted by Crippen LogP contribution is 2.28. The quantitative estimate of drug-likeness (QED) is 0.830. The summed E-state index contributed by atoms with van der Waals surface area (Å²) in [5.74, 6) is 1.33. The summed E-state index contributed by atoms with van der Waals surface area (Å²) in [6, 6.07) is 3.96. The van der Waals surface area contributed by atoms with E-state index in [0.717, 1.165) is 56.1 Å². The first-order valence-electron chi connectivity index (χ1n) is 8.99. The molecule has 0 bridgehead atoms. The number of fused-ring (bicyclic) bond motifs is 1. The first-order chi connectivity index (χ1) is 12.1. The molecular weight excluding hydrogens is 332 g/mol. The van der Waals surface area contributed by atoms with Gasteiger partial charge in [0.1, 0.15) is 5.82 Å². The zero-order valence-corrected chi connectivity index (χ0v) is 15.7. The molecule has 0 radical (unpaired) electrons. The number of rotatable bonds is 2. The van der Waals surface area contributed by atoms with Gasteiger partial charge in [0.25, 0.3) is 5.91 Å². The minimum absolute atomic E-state index is 0.155. The number of nitrogens with zero attached hydrogens (tertiary/aromatic N) is 4. The number of amides is 1. The Morgan fingerprint density at radius 1 is 1.32 bits per heavy atom. The van der Waals surface area contributed by atoms with Gasteiger partial charge in [-0.25, -0.2) is 9.97 Å². The second kappa shape index (κ2) is 6.84. The highest BCUT2D eigenvalue weighted by atomic mass is 32.1. The Labute approximate surface area is 152 Å². The van der Waals surface area contributed by atoms with Gasteiger partial charge in [0.05, 0.1) is 4.88 Å². The van der Waals surface area contributed by atoms with Gasteiger partial charge in [-0.15, -0.1) is 11.3 Å². The number of likely N-dealkylation sites (tertiary alicyclic amines) is 1. The zero-order valence-electron chi connectivity index (χ0n) is 14.9. The van der Waals surface area contributed by atoms with Gasteiger partial charge in [-0.3, -0.25) is 4.79 Å². The molecule has 2 aromatic rings. The van der Waals surface area contributed by atoms with Crippen molar-refractivity contribution >= 4 is 17.2 Å². The Hall–Kier alpha value is -1.79. The normalized spacial score (nSPS) is 21.2. The lowest BCUT2D eigenvalue weighted by Crippen LogP contribution is -2.39. The first-order valence-corrected chi connectivity index (χ1v) is 9.81. The van der Waals surface area contributed by atoms with E-state index in [1.54, 1.807) is 11.3 Å². The molecule has 1 amide bonds. The van der Waals surface area contributed by atoms with Crippen LogP contribution in [-0.4, -0.2) is 52.4 Å². The van der Waals surface area contributed by atoms with Gasteiger partial charge in [-0.05, 0) is 38.9 Å². The number of aromatic nitrogens is 2. The molecule has 1 atom stereocenters. The number of thiophene rings is 1. The fraction of sp³-hybridized carbons (Fsp3) is 0.526. The van der Waals surface area contributed by atoms with E-state index in [4.69, 9.17) is 4.98 Å². The summed E-state index contributed by atoms with van der Waals surface area (Å²) in [6.07, 6.45) is 5.07. The second-order valence-electron chi connectivity index (χ2n) is 7.19. The van der Waals surface area contributed by atoms with Crippen LogP contribution >= 0.6 is 11.3 Å². The van der Waals surface area contributed by atoms with E-state index in [9.17, 15) is 4.79 Å². The molecular formula is C19H24N4OS. The van der Waals surface area contributed by atoms with Crippen LogP contribution in [0.1, 0.15) is 50.4 Å². The van der Waals surface area contributed by atoms with Gasteiger partial charge >= 0.3 is 0 Å². The van der Waals surface area contributed by atoms with Crippen LogP contribution in [0, 0.1) is 6.92 Å². The molecule has 0 spiro atoms. The molecule has 0 saturated carbocycles. The predicted molar refractivity (Wildman–Crippen MR) is 99.0 cm³/mol. The van der Waals surface area contributed by atoms with E-state index in [1.807, 2.05) is 30.2 Å². The molecule has 2 aromatic heterocycles. The lowest BCUT2D eigenvalue weighted by atomic mass is 9.96. The molecule has 6 heteroatoms. The number of likely N-dealkylation sites (N-methyl/N-ethyl adjacent to an activating group) is 1. The molecule has 5 nitrogen and oxygen atoms in total. The van der Waals surface area contributed by atoms with E-state index in [0.29, 0.717) is 0 Å². The maximum Gasteiger partial charge on any atom is 0.263 e. The van der Waals surface area contributed by atoms with Crippen LogP contribution in [0.4, 0.5) is 0 Å². The molecule has 0 N–H and O–H groups in total. The Kier molecular flexibility index (Phi) is 4.56. The Balaban J connectivity index is 1.50. The van der Waals surface area contributed by atoms with Crippen molar-refractivity contribution in [2.45, 2.75) is 38.6 Å². The molecule has 132 valence electrons. The predicted octanol–water partition coefficient (Wildman–Crippen LogP) is 2.85. The molecule has 0 aliphatic carbocycles. The zero-order chi connectivity index (χ0) is 17.4. The lowest BCUT2D eigenvalue weighted by molar-refractivity contribution is 0.0709. The van der Waals surface area contributed by atoms with Gasteiger partial charge in [-0.1, -0.05) is 0 Å². The van der Waals surface area contributed by atoms with Crippen LogP contribution in [0.15, 0.2) is 18.3 Å².